The Bertz CT molecular complexity index is 706. The van der Waals surface area contributed by atoms with Gasteiger partial charge in [-0.2, -0.15) is 0 Å². The fraction of sp³-hybridized carbons (Fsp3) is 0.316. The van der Waals surface area contributed by atoms with Gasteiger partial charge in [-0.25, -0.2) is 4.39 Å². The number of hydrogen-bond donors (Lipinski definition) is 1. The largest absolute Gasteiger partial charge is 0.507 e. The third-order valence-corrected chi connectivity index (χ3v) is 3.95. The van der Waals surface area contributed by atoms with E-state index in [2.05, 4.69) is 0 Å². The number of phenols is 1. The van der Waals surface area contributed by atoms with Crippen LogP contribution >= 0.6 is 0 Å². The van der Waals surface area contributed by atoms with Gasteiger partial charge >= 0.3 is 0 Å². The highest BCUT2D eigenvalue weighted by Crippen LogP contribution is 2.27. The monoisotopic (exact) mass is 330 g/mol. The average Bonchev–Trinajstić information content (AvgIpc) is 2.59. The van der Waals surface area contributed by atoms with Gasteiger partial charge in [-0.15, -0.1) is 0 Å². The van der Waals surface area contributed by atoms with Crippen molar-refractivity contribution in [2.75, 3.05) is 6.61 Å². The highest BCUT2D eigenvalue weighted by Gasteiger charge is 2.18. The lowest BCUT2D eigenvalue weighted by Gasteiger charge is -2.23. The van der Waals surface area contributed by atoms with Crippen molar-refractivity contribution in [1.82, 2.24) is 0 Å². The Morgan fingerprint density at radius 1 is 1.21 bits per heavy atom. The summed E-state index contributed by atoms with van der Waals surface area (Å²) >= 11 is 0. The zero-order valence-electron chi connectivity index (χ0n) is 13.2. The second-order valence-electron chi connectivity index (χ2n) is 5.82. The molecule has 0 aromatic heterocycles. The summed E-state index contributed by atoms with van der Waals surface area (Å²) in [6.45, 7) is 0.666. The molecule has 1 saturated heterocycles. The van der Waals surface area contributed by atoms with E-state index in [1.807, 2.05) is 0 Å². The number of phenolic OH excluding ortho intramolecular Hbond substituents is 1. The molecule has 1 heterocycles. The highest BCUT2D eigenvalue weighted by atomic mass is 19.1. The standard InChI is InChI=1S/C19H19FO4/c20-14-6-4-13(5-7-14)11-18(22)16-12-15(8-9-17(16)21)24-19-3-1-2-10-23-19/h4-9,12,19,21H,1-3,10-11H2. The molecule has 1 unspecified atom stereocenters. The van der Waals surface area contributed by atoms with Crippen molar-refractivity contribution in [2.24, 2.45) is 0 Å². The number of ketones is 1. The number of Topliss-reactive ketones (excluding diaryl/α,β-unsaturated/α-hetero) is 1. The molecule has 1 N–H and O–H groups in total. The predicted molar refractivity (Wildman–Crippen MR) is 86.8 cm³/mol. The van der Waals surface area contributed by atoms with E-state index in [1.165, 1.54) is 24.3 Å². The van der Waals surface area contributed by atoms with Gasteiger partial charge in [0.2, 0.25) is 0 Å². The summed E-state index contributed by atoms with van der Waals surface area (Å²) in [5.41, 5.74) is 0.871. The summed E-state index contributed by atoms with van der Waals surface area (Å²) < 4.78 is 24.2. The number of carbonyl (C=O) groups excluding carboxylic acids is 1. The lowest BCUT2D eigenvalue weighted by molar-refractivity contribution is -0.105. The third kappa shape index (κ3) is 4.11. The number of benzene rings is 2. The first-order chi connectivity index (χ1) is 11.6. The van der Waals surface area contributed by atoms with E-state index in [0.717, 1.165) is 19.3 Å². The SMILES string of the molecule is O=C(Cc1ccc(F)cc1)c1cc(OC2CCCCO2)ccc1O. The molecule has 0 aliphatic carbocycles. The second-order valence-corrected chi connectivity index (χ2v) is 5.82. The number of aromatic hydroxyl groups is 1. The Labute approximate surface area is 139 Å². The molecule has 4 nitrogen and oxygen atoms in total. The molecule has 0 bridgehead atoms. The van der Waals surface area contributed by atoms with Crippen LogP contribution in [0.1, 0.15) is 35.2 Å². The summed E-state index contributed by atoms with van der Waals surface area (Å²) in [5.74, 6) is -0.216. The first-order valence-electron chi connectivity index (χ1n) is 8.01. The van der Waals surface area contributed by atoms with Crippen molar-refractivity contribution in [3.05, 3.63) is 59.4 Å². The summed E-state index contributed by atoms with van der Waals surface area (Å²) in [4.78, 5) is 12.4. The Balaban J connectivity index is 1.72. The van der Waals surface area contributed by atoms with Gasteiger partial charge in [0.25, 0.3) is 0 Å². The zero-order chi connectivity index (χ0) is 16.9. The number of halogens is 1. The molecule has 2 aromatic rings. The van der Waals surface area contributed by atoms with Crippen molar-refractivity contribution in [3.8, 4) is 11.5 Å². The minimum absolute atomic E-state index is 0.0806. The van der Waals surface area contributed by atoms with Crippen molar-refractivity contribution >= 4 is 5.78 Å². The fourth-order valence-electron chi connectivity index (χ4n) is 2.65. The van der Waals surface area contributed by atoms with Crippen LogP contribution in [-0.2, 0) is 11.2 Å². The van der Waals surface area contributed by atoms with Crippen molar-refractivity contribution in [1.29, 1.82) is 0 Å². The molecule has 0 saturated carbocycles. The normalized spacial score (nSPS) is 17.5. The van der Waals surface area contributed by atoms with Gasteiger partial charge in [0.05, 0.1) is 12.2 Å². The molecule has 1 aliphatic heterocycles. The number of carbonyl (C=O) groups is 1. The van der Waals surface area contributed by atoms with Crippen LogP contribution in [0, 0.1) is 5.82 Å². The third-order valence-electron chi connectivity index (χ3n) is 3.95. The van der Waals surface area contributed by atoms with E-state index in [4.69, 9.17) is 9.47 Å². The molecule has 126 valence electrons. The van der Waals surface area contributed by atoms with Gasteiger partial charge in [-0.1, -0.05) is 12.1 Å². The van der Waals surface area contributed by atoms with Gasteiger partial charge in [0.1, 0.15) is 17.3 Å². The lowest BCUT2D eigenvalue weighted by Crippen LogP contribution is -2.25. The van der Waals surface area contributed by atoms with E-state index >= 15 is 0 Å². The van der Waals surface area contributed by atoms with E-state index in [1.54, 1.807) is 18.2 Å². The molecule has 1 fully saturated rings. The molecule has 0 radical (unpaired) electrons. The number of ether oxygens (including phenoxy) is 2. The van der Waals surface area contributed by atoms with Crippen molar-refractivity contribution in [2.45, 2.75) is 32.0 Å². The topological polar surface area (TPSA) is 55.8 Å². The zero-order valence-corrected chi connectivity index (χ0v) is 13.2. The van der Waals surface area contributed by atoms with Crippen LogP contribution in [0.25, 0.3) is 0 Å². The van der Waals surface area contributed by atoms with Crippen LogP contribution in [0.15, 0.2) is 42.5 Å². The maximum absolute atomic E-state index is 12.9. The summed E-state index contributed by atoms with van der Waals surface area (Å²) in [6.07, 6.45) is 2.63. The summed E-state index contributed by atoms with van der Waals surface area (Å²) in [6, 6.07) is 10.3. The first-order valence-corrected chi connectivity index (χ1v) is 8.01. The fourth-order valence-corrected chi connectivity index (χ4v) is 2.65. The Morgan fingerprint density at radius 3 is 2.71 bits per heavy atom. The van der Waals surface area contributed by atoms with Crippen LogP contribution < -0.4 is 4.74 Å². The molecule has 0 spiro atoms. The molecule has 2 aromatic carbocycles. The molecule has 1 aliphatic rings. The van der Waals surface area contributed by atoms with Gasteiger partial charge in [-0.05, 0) is 48.7 Å². The minimum atomic E-state index is -0.350. The number of hydrogen-bond acceptors (Lipinski definition) is 4. The smallest absolute Gasteiger partial charge is 0.199 e. The molecule has 3 rings (SSSR count). The predicted octanol–water partition coefficient (Wildman–Crippen LogP) is 3.86. The Hall–Kier alpha value is -2.40. The minimum Gasteiger partial charge on any atom is -0.507 e. The quantitative estimate of drug-likeness (QED) is 0.846. The van der Waals surface area contributed by atoms with Crippen molar-refractivity contribution in [3.63, 3.8) is 0 Å². The summed E-state index contributed by atoms with van der Waals surface area (Å²) in [5, 5.41) is 9.97. The highest BCUT2D eigenvalue weighted by molar-refractivity contribution is 6.00. The van der Waals surface area contributed by atoms with Gasteiger partial charge in [-0.3, -0.25) is 4.79 Å². The van der Waals surface area contributed by atoms with E-state index < -0.39 is 0 Å². The van der Waals surface area contributed by atoms with Crippen LogP contribution in [0.2, 0.25) is 0 Å². The average molecular weight is 330 g/mol. The van der Waals surface area contributed by atoms with Crippen LogP contribution in [0.4, 0.5) is 4.39 Å². The molecule has 24 heavy (non-hydrogen) atoms. The van der Waals surface area contributed by atoms with Gasteiger partial charge in [0.15, 0.2) is 12.1 Å². The van der Waals surface area contributed by atoms with E-state index in [0.29, 0.717) is 17.9 Å². The molecular weight excluding hydrogens is 311 g/mol. The van der Waals surface area contributed by atoms with Gasteiger partial charge < -0.3 is 14.6 Å². The lowest BCUT2D eigenvalue weighted by atomic mass is 10.0. The molecule has 1 atom stereocenters. The molecule has 5 heteroatoms. The van der Waals surface area contributed by atoms with Crippen molar-refractivity contribution < 1.29 is 23.8 Å². The van der Waals surface area contributed by atoms with Crippen LogP contribution in [-0.4, -0.2) is 23.8 Å². The second kappa shape index (κ2) is 7.45. The van der Waals surface area contributed by atoms with Gasteiger partial charge in [0, 0.05) is 12.8 Å². The molecular formula is C19H19FO4. The maximum atomic E-state index is 12.9. The molecule has 0 amide bonds. The number of rotatable bonds is 5. The first kappa shape index (κ1) is 16.5. The Kier molecular flexibility index (Phi) is 5.11. The maximum Gasteiger partial charge on any atom is 0.199 e. The summed E-state index contributed by atoms with van der Waals surface area (Å²) in [7, 11) is 0. The van der Waals surface area contributed by atoms with E-state index in [9.17, 15) is 14.3 Å². The van der Waals surface area contributed by atoms with Crippen LogP contribution in [0.3, 0.4) is 0 Å². The van der Waals surface area contributed by atoms with Crippen LogP contribution in [0.5, 0.6) is 11.5 Å². The Morgan fingerprint density at radius 2 is 2.00 bits per heavy atom. The van der Waals surface area contributed by atoms with E-state index in [-0.39, 0.29) is 35.6 Å².